The maximum absolute atomic E-state index is 2.29. The first-order chi connectivity index (χ1) is 37.8. The summed E-state index contributed by atoms with van der Waals surface area (Å²) in [6, 6.07) is 132. The van der Waals surface area contributed by atoms with E-state index in [4.69, 9.17) is 0 Å². The van der Waals surface area contributed by atoms with Gasteiger partial charge < -0.3 is 0 Å². The van der Waals surface area contributed by atoms with Crippen LogP contribution in [0.1, 0.15) is 0 Å². The van der Waals surface area contributed by atoms with E-state index in [9.17, 15) is 0 Å². The predicted molar refractivity (Wildman–Crippen MR) is 342 cm³/mol. The number of hydrogen-bond donors (Lipinski definition) is 0. The van der Waals surface area contributed by atoms with Gasteiger partial charge in [0, 0.05) is 0 Å². The standard InChI is InChI=1S/12C6H5.4Pd.4Sn.4H/c12*1-2-4-6-5-3-1;;;;;;;;;;;;/h12*1-5H;;;;;;;;;;;;/q;;;;;;;;;;;;4*+2;;;;;;;;. The summed E-state index contributed by atoms with van der Waals surface area (Å²) in [5.41, 5.74) is 0. The minimum absolute atomic E-state index is 0. The second-order valence-corrected chi connectivity index (χ2v) is 51.4. The predicted octanol–water partition coefficient (Wildman–Crippen LogP) is 7.73. The molecule has 0 saturated heterocycles. The Morgan fingerprint density at radius 2 is 0.163 bits per heavy atom. The Morgan fingerprint density at radius 1 is 0.100 bits per heavy atom. The van der Waals surface area contributed by atoms with Gasteiger partial charge in [-0.3, -0.25) is 0 Å². The summed E-state index contributed by atoms with van der Waals surface area (Å²) in [5.74, 6) is 0. The van der Waals surface area contributed by atoms with Gasteiger partial charge in [-0.1, -0.05) is 0 Å². The van der Waals surface area contributed by atoms with Gasteiger partial charge in [0.05, 0.1) is 0 Å². The molecule has 12 aromatic rings. The molecule has 8 heteroatoms. The molecule has 0 atom stereocenters. The Balaban J connectivity index is 0.000000193. The molecule has 0 aliphatic carbocycles. The van der Waals surface area contributed by atoms with Crippen molar-refractivity contribution in [3.05, 3.63) is 364 Å². The van der Waals surface area contributed by atoms with Gasteiger partial charge in [-0.25, -0.2) is 0 Å². The molecule has 12 rings (SSSR count). The van der Waals surface area contributed by atoms with E-state index in [1.165, 1.54) is 0 Å². The van der Waals surface area contributed by atoms with Crippen LogP contribution in [0.25, 0.3) is 0 Å². The van der Waals surface area contributed by atoms with E-state index in [1.807, 2.05) is 0 Å². The van der Waals surface area contributed by atoms with E-state index in [1.54, 1.807) is 43.0 Å². The van der Waals surface area contributed by atoms with Crippen molar-refractivity contribution in [2.45, 2.75) is 0 Å². The van der Waals surface area contributed by atoms with Gasteiger partial charge in [0.1, 0.15) is 0 Å². The summed E-state index contributed by atoms with van der Waals surface area (Å²) in [4.78, 5) is 0. The van der Waals surface area contributed by atoms with Crippen LogP contribution in [-0.4, -0.2) is 79.0 Å². The summed E-state index contributed by atoms with van der Waals surface area (Å²) in [5, 5.41) is 0. The van der Waals surface area contributed by atoms with E-state index >= 15 is 0 Å². The summed E-state index contributed by atoms with van der Waals surface area (Å²) in [6.45, 7) is 0. The Kier molecular flexibility index (Phi) is 32.3. The van der Waals surface area contributed by atoms with E-state index < -0.39 is 79.0 Å². The van der Waals surface area contributed by atoms with Crippen molar-refractivity contribution in [3.63, 3.8) is 0 Å². The zero-order valence-corrected chi connectivity index (χ0v) is 63.6. The van der Waals surface area contributed by atoms with Gasteiger partial charge in [0.2, 0.25) is 0 Å². The Morgan fingerprint density at radius 3 is 0.225 bits per heavy atom. The molecule has 0 bridgehead atoms. The molecule has 0 radical (unpaired) electrons. The third kappa shape index (κ3) is 20.4. The van der Waals surface area contributed by atoms with Crippen LogP contribution in [0.2, 0.25) is 0 Å². The average molecular weight is 1830 g/mol. The molecule has 0 N–H and O–H groups in total. The fraction of sp³-hybridized carbons (Fsp3) is 0. The van der Waals surface area contributed by atoms with Crippen LogP contribution in [0.15, 0.2) is 364 Å². The van der Waals surface area contributed by atoms with E-state index in [0.29, 0.717) is 0 Å². The second-order valence-electron chi connectivity index (χ2n) is 18.7. The third-order valence-corrected chi connectivity index (χ3v) is 49.6. The molecule has 0 aliphatic rings. The van der Waals surface area contributed by atoms with Crippen molar-refractivity contribution in [2.75, 3.05) is 0 Å². The van der Waals surface area contributed by atoms with Gasteiger partial charge >= 0.3 is 568 Å². The van der Waals surface area contributed by atoms with Crippen LogP contribution in [0, 0.1) is 0 Å². The zero-order chi connectivity index (χ0) is 51.7. The topological polar surface area (TPSA) is 0 Å². The molecule has 0 fully saturated rings. The minimum atomic E-state index is -2.14. The molecule has 0 heterocycles. The van der Waals surface area contributed by atoms with E-state index in [0.717, 1.165) is 0 Å². The molecule has 0 unspecified atom stereocenters. The van der Waals surface area contributed by atoms with Crippen LogP contribution in [-0.2, 0) is 81.7 Å². The molecule has 0 spiro atoms. The average Bonchev–Trinajstić information content (AvgIpc) is 3.52. The molecule has 0 nitrogen and oxygen atoms in total. The SMILES string of the molecule is [Pd+2].[Pd+2].[Pd+2].[Pd+2].c1cc[c]([SnH]([c]2ccccc2)[c]2ccccc2)cc1.c1cc[c]([SnH]([c]2ccccc2)[c]2ccccc2)cc1.c1cc[c]([SnH]([c]2ccccc2)[c]2ccccc2)cc1.c1cc[c]([SnH]([c]2ccccc2)[c]2ccccc2)cc1. The molecular weight excluding hydrogens is 1770 g/mol. The zero-order valence-electron chi connectivity index (χ0n) is 44.2. The van der Waals surface area contributed by atoms with E-state index in [-0.39, 0.29) is 81.7 Å². The Hall–Kier alpha value is -3.52. The van der Waals surface area contributed by atoms with Crippen molar-refractivity contribution < 1.29 is 81.7 Å². The van der Waals surface area contributed by atoms with Crippen molar-refractivity contribution >= 4 is 122 Å². The van der Waals surface area contributed by atoms with Crippen molar-refractivity contribution in [3.8, 4) is 0 Å². The van der Waals surface area contributed by atoms with Crippen molar-refractivity contribution in [1.82, 2.24) is 0 Å². The van der Waals surface area contributed by atoms with Gasteiger partial charge in [0.25, 0.3) is 0 Å². The molecule has 12 aromatic carbocycles. The van der Waals surface area contributed by atoms with Crippen LogP contribution in [0.4, 0.5) is 0 Å². The quantitative estimate of drug-likeness (QED) is 0.110. The first kappa shape index (κ1) is 67.3. The van der Waals surface area contributed by atoms with Gasteiger partial charge in [-0.15, -0.1) is 0 Å². The molecule has 0 aromatic heterocycles. The van der Waals surface area contributed by atoms with E-state index in [2.05, 4.69) is 364 Å². The molecule has 0 saturated carbocycles. The Labute approximate surface area is 559 Å². The van der Waals surface area contributed by atoms with Crippen LogP contribution < -0.4 is 43.0 Å². The van der Waals surface area contributed by atoms with Crippen LogP contribution in [0.3, 0.4) is 0 Å². The fourth-order valence-electron chi connectivity index (χ4n) is 10.1. The van der Waals surface area contributed by atoms with Crippen LogP contribution in [0.5, 0.6) is 0 Å². The van der Waals surface area contributed by atoms with Gasteiger partial charge in [0.15, 0.2) is 0 Å². The maximum atomic E-state index is 2.29. The number of benzene rings is 12. The molecule has 0 aliphatic heterocycles. The summed E-state index contributed by atoms with van der Waals surface area (Å²) in [6.07, 6.45) is 0. The molecule has 80 heavy (non-hydrogen) atoms. The van der Waals surface area contributed by atoms with Gasteiger partial charge in [-0.05, 0) is 0 Å². The molecular formula is C72H64Pd4Sn4+8. The van der Waals surface area contributed by atoms with Gasteiger partial charge in [-0.2, -0.15) is 0 Å². The first-order valence-corrected chi connectivity index (χ1v) is 46.2. The van der Waals surface area contributed by atoms with Crippen molar-refractivity contribution in [2.24, 2.45) is 0 Å². The monoisotopic (exact) mass is 1830 g/mol. The summed E-state index contributed by atoms with van der Waals surface area (Å²) >= 11 is -8.55. The summed E-state index contributed by atoms with van der Waals surface area (Å²) < 4.78 is 18.5. The van der Waals surface area contributed by atoms with Crippen LogP contribution >= 0.6 is 0 Å². The number of rotatable bonds is 12. The Bertz CT molecular complexity index is 2590. The third-order valence-electron chi connectivity index (χ3n) is 13.6. The normalized spacial score (nSPS) is 10.1. The first-order valence-electron chi connectivity index (χ1n) is 26.4. The number of hydrogen-bond acceptors (Lipinski definition) is 0. The fourth-order valence-corrected chi connectivity index (χ4v) is 44.0. The second kappa shape index (κ2) is 38.4. The molecule has 400 valence electrons. The molecule has 0 amide bonds. The summed E-state index contributed by atoms with van der Waals surface area (Å²) in [7, 11) is 0. The van der Waals surface area contributed by atoms with Crippen molar-refractivity contribution in [1.29, 1.82) is 0 Å².